The van der Waals surface area contributed by atoms with Crippen molar-refractivity contribution in [1.82, 2.24) is 5.32 Å². The highest BCUT2D eigenvalue weighted by molar-refractivity contribution is 7.10. The monoisotopic (exact) mass is 255 g/mol. The number of carbonyl (C=O) groups is 2. The van der Waals surface area contributed by atoms with Gasteiger partial charge in [0.25, 0.3) is 0 Å². The van der Waals surface area contributed by atoms with Crippen molar-refractivity contribution in [1.29, 1.82) is 0 Å². The Labute approximate surface area is 102 Å². The normalized spacial score (nSPS) is 12.5. The molecule has 17 heavy (non-hydrogen) atoms. The van der Waals surface area contributed by atoms with Crippen LogP contribution in [0.2, 0.25) is 0 Å². The molecule has 1 heterocycles. The van der Waals surface area contributed by atoms with Crippen molar-refractivity contribution >= 4 is 29.3 Å². The van der Waals surface area contributed by atoms with Gasteiger partial charge in [-0.05, 0) is 17.5 Å². The van der Waals surface area contributed by atoms with Gasteiger partial charge in [0.2, 0.25) is 5.91 Å². The third kappa shape index (κ3) is 5.28. The molecule has 1 unspecified atom stereocenters. The summed E-state index contributed by atoms with van der Waals surface area (Å²) in [6.07, 6.45) is 1.61. The molecule has 0 aromatic carbocycles. The summed E-state index contributed by atoms with van der Waals surface area (Å²) in [6, 6.07) is 3.76. The molecule has 0 bridgehead atoms. The van der Waals surface area contributed by atoms with E-state index in [0.717, 1.165) is 4.88 Å². The summed E-state index contributed by atoms with van der Waals surface area (Å²) in [7, 11) is 0. The van der Waals surface area contributed by atoms with Crippen LogP contribution in [0.1, 0.15) is 11.3 Å². The lowest BCUT2D eigenvalue weighted by atomic mass is 10.2. The highest BCUT2D eigenvalue weighted by Gasteiger charge is 2.12. The molecule has 0 radical (unpaired) electrons. The maximum atomic E-state index is 11.3. The molecule has 1 aromatic heterocycles. The Morgan fingerprint density at radius 3 is 2.88 bits per heavy atom. The minimum atomic E-state index is -1.43. The van der Waals surface area contributed by atoms with Crippen LogP contribution in [-0.4, -0.2) is 34.7 Å². The predicted molar refractivity (Wildman–Crippen MR) is 64.6 cm³/mol. The lowest BCUT2D eigenvalue weighted by Crippen LogP contribution is -2.28. The highest BCUT2D eigenvalue weighted by atomic mass is 32.1. The van der Waals surface area contributed by atoms with Crippen LogP contribution in [0.15, 0.2) is 23.6 Å². The van der Waals surface area contributed by atoms with E-state index in [0.29, 0.717) is 0 Å². The fraction of sp³-hybridized carbons (Fsp3) is 0.273. The zero-order chi connectivity index (χ0) is 12.7. The van der Waals surface area contributed by atoms with Crippen molar-refractivity contribution in [3.63, 3.8) is 0 Å². The topological polar surface area (TPSA) is 86.6 Å². The van der Waals surface area contributed by atoms with Gasteiger partial charge in [-0.2, -0.15) is 0 Å². The van der Waals surface area contributed by atoms with Crippen molar-refractivity contribution in [2.24, 2.45) is 0 Å². The first-order valence-corrected chi connectivity index (χ1v) is 5.88. The number of aliphatic hydroxyl groups is 1. The number of carboxylic acid groups (broad SMARTS) is 1. The van der Waals surface area contributed by atoms with Gasteiger partial charge in [-0.3, -0.25) is 4.79 Å². The van der Waals surface area contributed by atoms with Crippen LogP contribution in [0.5, 0.6) is 0 Å². The fourth-order valence-electron chi connectivity index (χ4n) is 1.06. The standard InChI is InChI=1S/C11H13NO4S/c13-9(11(15)16)5-6-12-10(14)4-3-8-2-1-7-17-8/h1-4,7,9,13H,5-6H2,(H,12,14)(H,15,16)/b4-3+. The van der Waals surface area contributed by atoms with Crippen LogP contribution >= 0.6 is 11.3 Å². The van der Waals surface area contributed by atoms with E-state index in [4.69, 9.17) is 10.2 Å². The number of hydrogen-bond donors (Lipinski definition) is 3. The SMILES string of the molecule is O=C(/C=C/c1cccs1)NCCC(O)C(=O)O. The van der Waals surface area contributed by atoms with Crippen molar-refractivity contribution in [2.75, 3.05) is 6.54 Å². The molecule has 1 amide bonds. The Hall–Kier alpha value is -1.66. The molecular formula is C11H13NO4S. The average molecular weight is 255 g/mol. The van der Waals surface area contributed by atoms with E-state index in [1.54, 1.807) is 6.08 Å². The van der Waals surface area contributed by atoms with Gasteiger partial charge in [-0.25, -0.2) is 4.79 Å². The largest absolute Gasteiger partial charge is 0.479 e. The number of hydrogen-bond acceptors (Lipinski definition) is 4. The molecule has 0 fully saturated rings. The van der Waals surface area contributed by atoms with Gasteiger partial charge in [-0.15, -0.1) is 11.3 Å². The van der Waals surface area contributed by atoms with Crippen LogP contribution in [0.25, 0.3) is 6.08 Å². The predicted octanol–water partition coefficient (Wildman–Crippen LogP) is 0.713. The first kappa shape index (κ1) is 13.4. The van der Waals surface area contributed by atoms with Crippen LogP contribution in [0.3, 0.4) is 0 Å². The molecule has 6 heteroatoms. The highest BCUT2D eigenvalue weighted by Crippen LogP contribution is 2.09. The van der Waals surface area contributed by atoms with Crippen LogP contribution in [0, 0.1) is 0 Å². The van der Waals surface area contributed by atoms with E-state index in [1.807, 2.05) is 17.5 Å². The lowest BCUT2D eigenvalue weighted by molar-refractivity contribution is -0.147. The zero-order valence-corrected chi connectivity index (χ0v) is 9.81. The molecule has 1 rings (SSSR count). The number of aliphatic carboxylic acids is 1. The fourth-order valence-corrected chi connectivity index (χ4v) is 1.68. The number of thiophene rings is 1. The summed E-state index contributed by atoms with van der Waals surface area (Å²) in [4.78, 5) is 22.5. The molecule has 5 nitrogen and oxygen atoms in total. The Bertz CT molecular complexity index is 400. The summed E-state index contributed by atoms with van der Waals surface area (Å²) in [5.41, 5.74) is 0. The maximum Gasteiger partial charge on any atom is 0.332 e. The first-order chi connectivity index (χ1) is 8.09. The average Bonchev–Trinajstić information content (AvgIpc) is 2.78. The van der Waals surface area contributed by atoms with Gasteiger partial charge < -0.3 is 15.5 Å². The van der Waals surface area contributed by atoms with E-state index in [-0.39, 0.29) is 18.9 Å². The van der Waals surface area contributed by atoms with Crippen LogP contribution in [0.4, 0.5) is 0 Å². The number of nitrogens with one attached hydrogen (secondary N) is 1. The van der Waals surface area contributed by atoms with Gasteiger partial charge >= 0.3 is 5.97 Å². The quantitative estimate of drug-likeness (QED) is 0.653. The summed E-state index contributed by atoms with van der Waals surface area (Å²) in [6.45, 7) is 0.126. The third-order valence-corrected chi connectivity index (χ3v) is 2.78. The van der Waals surface area contributed by atoms with Crippen LogP contribution in [-0.2, 0) is 9.59 Å². The summed E-state index contributed by atoms with van der Waals surface area (Å²) in [5.74, 6) is -1.59. The van der Waals surface area contributed by atoms with Gasteiger partial charge in [0.05, 0.1) is 0 Å². The smallest absolute Gasteiger partial charge is 0.332 e. The molecule has 0 aliphatic carbocycles. The van der Waals surface area contributed by atoms with Gasteiger partial charge in [-0.1, -0.05) is 6.07 Å². The number of carbonyl (C=O) groups excluding carboxylic acids is 1. The summed E-state index contributed by atoms with van der Waals surface area (Å²) in [5, 5.41) is 21.7. The summed E-state index contributed by atoms with van der Waals surface area (Å²) < 4.78 is 0. The Kier molecular flexibility index (Phi) is 5.38. The van der Waals surface area contributed by atoms with E-state index >= 15 is 0 Å². The zero-order valence-electron chi connectivity index (χ0n) is 9.00. The second kappa shape index (κ2) is 6.82. The van der Waals surface area contributed by atoms with E-state index in [1.165, 1.54) is 17.4 Å². The Morgan fingerprint density at radius 1 is 1.53 bits per heavy atom. The van der Waals surface area contributed by atoms with E-state index < -0.39 is 12.1 Å². The number of amides is 1. The van der Waals surface area contributed by atoms with Gasteiger partial charge in [0, 0.05) is 23.9 Å². The minimum absolute atomic E-state index is 0.00604. The molecule has 0 saturated heterocycles. The number of carboxylic acids is 1. The van der Waals surface area contributed by atoms with Crippen molar-refractivity contribution in [3.8, 4) is 0 Å². The maximum absolute atomic E-state index is 11.3. The molecule has 0 saturated carbocycles. The summed E-state index contributed by atoms with van der Waals surface area (Å²) >= 11 is 1.51. The van der Waals surface area contributed by atoms with Crippen molar-refractivity contribution < 1.29 is 19.8 Å². The molecule has 1 aromatic rings. The van der Waals surface area contributed by atoms with Crippen molar-refractivity contribution in [3.05, 3.63) is 28.5 Å². The molecule has 92 valence electrons. The Morgan fingerprint density at radius 2 is 2.29 bits per heavy atom. The molecule has 0 spiro atoms. The molecule has 3 N–H and O–H groups in total. The molecule has 0 aliphatic rings. The molecular weight excluding hydrogens is 242 g/mol. The second-order valence-corrected chi connectivity index (χ2v) is 4.26. The number of rotatable bonds is 6. The second-order valence-electron chi connectivity index (χ2n) is 3.28. The minimum Gasteiger partial charge on any atom is -0.479 e. The third-order valence-electron chi connectivity index (χ3n) is 1.94. The first-order valence-electron chi connectivity index (χ1n) is 5.00. The lowest BCUT2D eigenvalue weighted by Gasteiger charge is -2.05. The van der Waals surface area contributed by atoms with Crippen molar-refractivity contribution in [2.45, 2.75) is 12.5 Å². The van der Waals surface area contributed by atoms with Gasteiger partial charge in [0.1, 0.15) is 0 Å². The Balaban J connectivity index is 2.24. The van der Waals surface area contributed by atoms with Crippen LogP contribution < -0.4 is 5.32 Å². The van der Waals surface area contributed by atoms with Gasteiger partial charge in [0.15, 0.2) is 6.10 Å². The number of aliphatic hydroxyl groups excluding tert-OH is 1. The molecule has 0 aliphatic heterocycles. The molecule has 1 atom stereocenters. The van der Waals surface area contributed by atoms with E-state index in [2.05, 4.69) is 5.32 Å². The van der Waals surface area contributed by atoms with E-state index in [9.17, 15) is 9.59 Å².